The third-order valence-electron chi connectivity index (χ3n) is 3.25. The van der Waals surface area contributed by atoms with Crippen molar-refractivity contribution in [1.82, 2.24) is 0 Å². The van der Waals surface area contributed by atoms with Crippen LogP contribution in [-0.2, 0) is 15.7 Å². The topological polar surface area (TPSA) is 67.4 Å². The summed E-state index contributed by atoms with van der Waals surface area (Å²) in [5, 5.41) is 5.13. The van der Waals surface area contributed by atoms with Gasteiger partial charge in [0.15, 0.2) is 0 Å². The van der Waals surface area contributed by atoms with Crippen molar-refractivity contribution in [3.63, 3.8) is 0 Å². The van der Waals surface area contributed by atoms with Gasteiger partial charge in [-0.15, -0.1) is 0 Å². The number of amides is 1. The molecule has 8 heteroatoms. The Bertz CT molecular complexity index is 776. The molecule has 0 aliphatic carbocycles. The number of hydrogen-bond acceptors (Lipinski definition) is 4. The Hall–Kier alpha value is -3.03. The molecule has 0 saturated heterocycles. The third kappa shape index (κ3) is 4.97. The minimum Gasteiger partial charge on any atom is -0.465 e. The lowest BCUT2D eigenvalue weighted by atomic mass is 10.1. The quantitative estimate of drug-likeness (QED) is 0.808. The van der Waals surface area contributed by atoms with Crippen molar-refractivity contribution < 1.29 is 27.5 Å². The molecule has 132 valence electrons. The summed E-state index contributed by atoms with van der Waals surface area (Å²) in [5.74, 6) is -1.13. The van der Waals surface area contributed by atoms with Crippen LogP contribution >= 0.6 is 0 Å². The summed E-state index contributed by atoms with van der Waals surface area (Å²) in [6, 6.07) is 10.8. The number of nitrogens with one attached hydrogen (secondary N) is 2. The standard InChI is InChI=1S/C17H15F3N2O3/c1-25-16(24)13-7-2-3-8-14(13)22-15(23)10-21-12-6-4-5-11(9-12)17(18,19)20/h2-9,21H,10H2,1H3,(H,22,23). The van der Waals surface area contributed by atoms with E-state index in [4.69, 9.17) is 0 Å². The molecule has 5 nitrogen and oxygen atoms in total. The fourth-order valence-corrected chi connectivity index (χ4v) is 2.06. The molecule has 25 heavy (non-hydrogen) atoms. The van der Waals surface area contributed by atoms with E-state index >= 15 is 0 Å². The van der Waals surface area contributed by atoms with Crippen LogP contribution in [0.5, 0.6) is 0 Å². The largest absolute Gasteiger partial charge is 0.465 e. The average Bonchev–Trinajstić information content (AvgIpc) is 2.59. The highest BCUT2D eigenvalue weighted by Gasteiger charge is 2.30. The van der Waals surface area contributed by atoms with Crippen LogP contribution < -0.4 is 10.6 Å². The Kier molecular flexibility index (Phi) is 5.63. The maximum Gasteiger partial charge on any atom is 0.416 e. The Labute approximate surface area is 141 Å². The minimum absolute atomic E-state index is 0.159. The molecule has 0 aromatic heterocycles. The van der Waals surface area contributed by atoms with Crippen molar-refractivity contribution in [2.24, 2.45) is 0 Å². The summed E-state index contributed by atoms with van der Waals surface area (Å²) in [4.78, 5) is 23.6. The van der Waals surface area contributed by atoms with Crippen molar-refractivity contribution in [3.8, 4) is 0 Å². The van der Waals surface area contributed by atoms with Crippen LogP contribution in [0.4, 0.5) is 24.5 Å². The maximum absolute atomic E-state index is 12.7. The molecule has 2 N–H and O–H groups in total. The Morgan fingerprint density at radius 2 is 1.80 bits per heavy atom. The van der Waals surface area contributed by atoms with Crippen LogP contribution in [0.1, 0.15) is 15.9 Å². The fraction of sp³-hybridized carbons (Fsp3) is 0.176. The Morgan fingerprint density at radius 3 is 2.48 bits per heavy atom. The number of carbonyl (C=O) groups is 2. The first-order chi connectivity index (χ1) is 11.8. The van der Waals surface area contributed by atoms with Gasteiger partial charge in [-0.25, -0.2) is 4.79 Å². The van der Waals surface area contributed by atoms with Gasteiger partial charge in [0.1, 0.15) is 0 Å². The summed E-state index contributed by atoms with van der Waals surface area (Å²) >= 11 is 0. The van der Waals surface area contributed by atoms with Gasteiger partial charge in [-0.2, -0.15) is 13.2 Å². The zero-order valence-electron chi connectivity index (χ0n) is 13.2. The zero-order valence-corrected chi connectivity index (χ0v) is 13.2. The molecule has 0 spiro atoms. The molecule has 0 saturated carbocycles. The predicted molar refractivity (Wildman–Crippen MR) is 86.3 cm³/mol. The summed E-state index contributed by atoms with van der Waals surface area (Å²) in [5.41, 5.74) is -0.220. The second kappa shape index (κ2) is 7.69. The number of methoxy groups -OCH3 is 1. The van der Waals surface area contributed by atoms with Crippen molar-refractivity contribution in [3.05, 3.63) is 59.7 Å². The van der Waals surface area contributed by atoms with Crippen molar-refractivity contribution >= 4 is 23.3 Å². The van der Waals surface area contributed by atoms with Gasteiger partial charge >= 0.3 is 12.1 Å². The SMILES string of the molecule is COC(=O)c1ccccc1NC(=O)CNc1cccc(C(F)(F)F)c1. The lowest BCUT2D eigenvalue weighted by molar-refractivity contribution is -0.137. The Balaban J connectivity index is 2.02. The number of hydrogen-bond donors (Lipinski definition) is 2. The predicted octanol–water partition coefficient (Wildman–Crippen LogP) is 3.54. The molecule has 0 aliphatic heterocycles. The van der Waals surface area contributed by atoms with E-state index in [1.54, 1.807) is 12.1 Å². The number of ether oxygens (including phenoxy) is 1. The molecule has 0 heterocycles. The van der Waals surface area contributed by atoms with Crippen LogP contribution in [0, 0.1) is 0 Å². The van der Waals surface area contributed by atoms with Crippen LogP contribution in [0.15, 0.2) is 48.5 Å². The van der Waals surface area contributed by atoms with E-state index in [1.165, 1.54) is 31.4 Å². The molecular formula is C17H15F3N2O3. The molecule has 0 radical (unpaired) electrons. The van der Waals surface area contributed by atoms with Gasteiger partial charge in [-0.05, 0) is 30.3 Å². The van der Waals surface area contributed by atoms with Gasteiger partial charge in [0, 0.05) is 5.69 Å². The van der Waals surface area contributed by atoms with Crippen LogP contribution in [0.25, 0.3) is 0 Å². The highest BCUT2D eigenvalue weighted by Crippen LogP contribution is 2.30. The number of esters is 1. The second-order valence-electron chi connectivity index (χ2n) is 5.02. The van der Waals surface area contributed by atoms with E-state index in [2.05, 4.69) is 15.4 Å². The number of carbonyl (C=O) groups excluding carboxylic acids is 2. The number of alkyl halides is 3. The van der Waals surface area contributed by atoms with Crippen molar-refractivity contribution in [2.45, 2.75) is 6.18 Å². The number of halogens is 3. The normalized spacial score (nSPS) is 10.9. The average molecular weight is 352 g/mol. The molecule has 0 unspecified atom stereocenters. The zero-order chi connectivity index (χ0) is 18.4. The summed E-state index contributed by atoms with van der Waals surface area (Å²) in [6.45, 7) is -0.267. The lowest BCUT2D eigenvalue weighted by Gasteiger charge is -2.12. The maximum atomic E-state index is 12.7. The van der Waals surface area contributed by atoms with Gasteiger partial charge in [0.05, 0.1) is 30.5 Å². The van der Waals surface area contributed by atoms with Gasteiger partial charge < -0.3 is 15.4 Å². The first-order valence-corrected chi connectivity index (χ1v) is 7.19. The number of para-hydroxylation sites is 1. The van der Waals surface area contributed by atoms with E-state index in [1.807, 2.05) is 0 Å². The third-order valence-corrected chi connectivity index (χ3v) is 3.25. The molecule has 2 aromatic carbocycles. The molecule has 2 rings (SSSR count). The van der Waals surface area contributed by atoms with Crippen LogP contribution in [-0.4, -0.2) is 25.5 Å². The summed E-state index contributed by atoms with van der Waals surface area (Å²) in [7, 11) is 1.22. The fourth-order valence-electron chi connectivity index (χ4n) is 2.06. The smallest absolute Gasteiger partial charge is 0.416 e. The molecule has 0 bridgehead atoms. The first kappa shape index (κ1) is 18.3. The number of anilines is 2. The lowest BCUT2D eigenvalue weighted by Crippen LogP contribution is -2.23. The second-order valence-corrected chi connectivity index (χ2v) is 5.02. The molecule has 1 amide bonds. The number of benzene rings is 2. The van der Waals surface area contributed by atoms with Gasteiger partial charge in [0.25, 0.3) is 0 Å². The molecule has 0 aliphatic rings. The molecule has 0 fully saturated rings. The summed E-state index contributed by atoms with van der Waals surface area (Å²) < 4.78 is 42.6. The van der Waals surface area contributed by atoms with E-state index in [9.17, 15) is 22.8 Å². The Morgan fingerprint density at radius 1 is 1.08 bits per heavy atom. The van der Waals surface area contributed by atoms with Gasteiger partial charge in [0.2, 0.25) is 5.91 Å². The highest BCUT2D eigenvalue weighted by atomic mass is 19.4. The van der Waals surface area contributed by atoms with E-state index in [-0.39, 0.29) is 23.5 Å². The van der Waals surface area contributed by atoms with E-state index < -0.39 is 23.6 Å². The van der Waals surface area contributed by atoms with Gasteiger partial charge in [-0.3, -0.25) is 4.79 Å². The molecular weight excluding hydrogens is 337 g/mol. The molecule has 0 atom stereocenters. The monoisotopic (exact) mass is 352 g/mol. The minimum atomic E-state index is -4.46. The summed E-state index contributed by atoms with van der Waals surface area (Å²) in [6.07, 6.45) is -4.46. The highest BCUT2D eigenvalue weighted by molar-refractivity contribution is 6.02. The first-order valence-electron chi connectivity index (χ1n) is 7.19. The van der Waals surface area contributed by atoms with Crippen LogP contribution in [0.2, 0.25) is 0 Å². The number of rotatable bonds is 5. The van der Waals surface area contributed by atoms with Crippen molar-refractivity contribution in [1.29, 1.82) is 0 Å². The molecule has 2 aromatic rings. The van der Waals surface area contributed by atoms with Gasteiger partial charge in [-0.1, -0.05) is 18.2 Å². The van der Waals surface area contributed by atoms with Crippen molar-refractivity contribution in [2.75, 3.05) is 24.3 Å². The van der Waals surface area contributed by atoms with E-state index in [0.29, 0.717) is 0 Å². The van der Waals surface area contributed by atoms with E-state index in [0.717, 1.165) is 12.1 Å². The van der Waals surface area contributed by atoms with Crippen LogP contribution in [0.3, 0.4) is 0 Å².